The zero-order chi connectivity index (χ0) is 17.1. The molecule has 3 aromatic rings. The first-order valence-corrected chi connectivity index (χ1v) is 7.78. The fourth-order valence-electron chi connectivity index (χ4n) is 2.55. The minimum atomic E-state index is -0.564. The maximum absolute atomic E-state index is 13.1. The Morgan fingerprint density at radius 1 is 1.17 bits per heavy atom. The van der Waals surface area contributed by atoms with Crippen LogP contribution in [0.1, 0.15) is 25.5 Å². The first kappa shape index (κ1) is 16.1. The van der Waals surface area contributed by atoms with Gasteiger partial charge < -0.3 is 5.32 Å². The van der Waals surface area contributed by atoms with Gasteiger partial charge in [0.15, 0.2) is 0 Å². The molecule has 0 aliphatic rings. The summed E-state index contributed by atoms with van der Waals surface area (Å²) >= 11 is 0. The molecule has 0 saturated heterocycles. The summed E-state index contributed by atoms with van der Waals surface area (Å²) in [4.78, 5) is 12.7. The van der Waals surface area contributed by atoms with Gasteiger partial charge in [-0.2, -0.15) is 5.10 Å². The molecule has 6 heteroatoms. The summed E-state index contributed by atoms with van der Waals surface area (Å²) in [5.41, 5.74) is 2.31. The number of rotatable bonds is 5. The Balaban J connectivity index is 1.83. The van der Waals surface area contributed by atoms with Crippen molar-refractivity contribution in [2.45, 2.75) is 25.9 Å². The Morgan fingerprint density at radius 3 is 2.62 bits per heavy atom. The van der Waals surface area contributed by atoms with Gasteiger partial charge in [-0.3, -0.25) is 15.2 Å². The van der Waals surface area contributed by atoms with Crippen LogP contribution in [0.25, 0.3) is 10.9 Å². The number of aromatic nitrogens is 2. The number of carbonyl (C=O) groups is 1. The highest BCUT2D eigenvalue weighted by molar-refractivity contribution is 5.97. The van der Waals surface area contributed by atoms with Gasteiger partial charge in [0.1, 0.15) is 11.9 Å². The second kappa shape index (κ2) is 6.80. The zero-order valence-electron chi connectivity index (χ0n) is 13.5. The van der Waals surface area contributed by atoms with Crippen molar-refractivity contribution in [3.05, 3.63) is 60.0 Å². The number of amides is 1. The second-order valence-electron chi connectivity index (χ2n) is 5.97. The van der Waals surface area contributed by atoms with E-state index in [-0.39, 0.29) is 17.8 Å². The third kappa shape index (κ3) is 3.60. The molecule has 3 N–H and O–H groups in total. The Kier molecular flexibility index (Phi) is 4.57. The summed E-state index contributed by atoms with van der Waals surface area (Å²) in [6, 6.07) is 11.0. The van der Waals surface area contributed by atoms with Crippen LogP contribution in [0.15, 0.2) is 48.7 Å². The van der Waals surface area contributed by atoms with Crippen LogP contribution in [0.4, 0.5) is 10.1 Å². The highest BCUT2D eigenvalue weighted by atomic mass is 19.1. The van der Waals surface area contributed by atoms with Crippen LogP contribution in [0.3, 0.4) is 0 Å². The van der Waals surface area contributed by atoms with E-state index in [0.717, 1.165) is 10.9 Å². The van der Waals surface area contributed by atoms with Gasteiger partial charge in [-0.25, -0.2) is 4.39 Å². The maximum atomic E-state index is 13.1. The molecule has 2 aromatic carbocycles. The molecule has 1 amide bonds. The monoisotopic (exact) mass is 326 g/mol. The molecule has 0 saturated carbocycles. The minimum Gasteiger partial charge on any atom is -0.324 e. The lowest BCUT2D eigenvalue weighted by Crippen LogP contribution is -2.37. The third-order valence-electron chi connectivity index (χ3n) is 3.67. The lowest BCUT2D eigenvalue weighted by atomic mass is 10.0. The number of nitrogens with zero attached hydrogens (tertiary/aromatic N) is 1. The highest BCUT2D eigenvalue weighted by Crippen LogP contribution is 2.20. The van der Waals surface area contributed by atoms with E-state index < -0.39 is 6.04 Å². The van der Waals surface area contributed by atoms with Crippen molar-refractivity contribution in [2.75, 3.05) is 5.32 Å². The van der Waals surface area contributed by atoms with Crippen LogP contribution >= 0.6 is 0 Å². The Hall–Kier alpha value is -2.73. The fraction of sp³-hybridized carbons (Fsp3) is 0.222. The molecule has 0 aliphatic heterocycles. The van der Waals surface area contributed by atoms with Crippen LogP contribution < -0.4 is 10.6 Å². The summed E-state index contributed by atoms with van der Waals surface area (Å²) in [5, 5.41) is 13.9. The number of carbonyl (C=O) groups excluding carboxylic acids is 1. The number of hydrogen-bond donors (Lipinski definition) is 3. The fourth-order valence-corrected chi connectivity index (χ4v) is 2.55. The van der Waals surface area contributed by atoms with Crippen LogP contribution in [0, 0.1) is 5.82 Å². The van der Waals surface area contributed by atoms with Crippen LogP contribution in [-0.2, 0) is 4.79 Å². The molecule has 5 nitrogen and oxygen atoms in total. The summed E-state index contributed by atoms with van der Waals surface area (Å²) in [5.74, 6) is -0.522. The second-order valence-corrected chi connectivity index (χ2v) is 5.97. The van der Waals surface area contributed by atoms with Gasteiger partial charge >= 0.3 is 0 Å². The van der Waals surface area contributed by atoms with E-state index in [0.29, 0.717) is 11.3 Å². The smallest absolute Gasteiger partial charge is 0.246 e. The molecule has 0 spiro atoms. The molecule has 124 valence electrons. The lowest BCUT2D eigenvalue weighted by Gasteiger charge is -2.21. The van der Waals surface area contributed by atoms with Crippen molar-refractivity contribution in [3.8, 4) is 0 Å². The topological polar surface area (TPSA) is 69.8 Å². The SMILES string of the molecule is CC(C)NC(C(=O)Nc1ccc2[nH]ncc2c1)c1ccc(F)cc1. The van der Waals surface area contributed by atoms with Gasteiger partial charge in [0.25, 0.3) is 0 Å². The van der Waals surface area contributed by atoms with E-state index in [1.807, 2.05) is 32.0 Å². The van der Waals surface area contributed by atoms with E-state index in [1.54, 1.807) is 18.3 Å². The van der Waals surface area contributed by atoms with E-state index in [1.165, 1.54) is 12.1 Å². The number of H-pyrrole nitrogens is 1. The van der Waals surface area contributed by atoms with E-state index in [2.05, 4.69) is 20.8 Å². The van der Waals surface area contributed by atoms with Crippen molar-refractivity contribution in [1.29, 1.82) is 0 Å². The number of fused-ring (bicyclic) bond motifs is 1. The summed E-state index contributed by atoms with van der Waals surface area (Å²) in [7, 11) is 0. The molecule has 1 unspecified atom stereocenters. The number of anilines is 1. The molecule has 0 bridgehead atoms. The van der Waals surface area contributed by atoms with Gasteiger partial charge in [0.05, 0.1) is 11.7 Å². The Morgan fingerprint density at radius 2 is 1.92 bits per heavy atom. The molecule has 1 atom stereocenters. The van der Waals surface area contributed by atoms with Gasteiger partial charge in [-0.1, -0.05) is 12.1 Å². The normalized spacial score (nSPS) is 12.5. The Labute approximate surface area is 139 Å². The molecule has 1 aromatic heterocycles. The van der Waals surface area contributed by atoms with E-state index in [4.69, 9.17) is 0 Å². The van der Waals surface area contributed by atoms with Gasteiger partial charge in [-0.05, 0) is 49.7 Å². The maximum Gasteiger partial charge on any atom is 0.246 e. The van der Waals surface area contributed by atoms with Crippen molar-refractivity contribution < 1.29 is 9.18 Å². The number of hydrogen-bond acceptors (Lipinski definition) is 3. The molecular weight excluding hydrogens is 307 g/mol. The highest BCUT2D eigenvalue weighted by Gasteiger charge is 2.21. The predicted molar refractivity (Wildman–Crippen MR) is 92.1 cm³/mol. The molecule has 0 aliphatic carbocycles. The number of benzene rings is 2. The van der Waals surface area contributed by atoms with Gasteiger partial charge in [0.2, 0.25) is 5.91 Å². The van der Waals surface area contributed by atoms with Gasteiger partial charge in [-0.15, -0.1) is 0 Å². The van der Waals surface area contributed by atoms with E-state index >= 15 is 0 Å². The van der Waals surface area contributed by atoms with Crippen molar-refractivity contribution >= 4 is 22.5 Å². The zero-order valence-corrected chi connectivity index (χ0v) is 13.5. The molecule has 0 radical (unpaired) electrons. The first-order valence-electron chi connectivity index (χ1n) is 7.78. The van der Waals surface area contributed by atoms with E-state index in [9.17, 15) is 9.18 Å². The minimum absolute atomic E-state index is 0.0992. The van der Waals surface area contributed by atoms with Crippen molar-refractivity contribution in [3.63, 3.8) is 0 Å². The largest absolute Gasteiger partial charge is 0.324 e. The van der Waals surface area contributed by atoms with Crippen LogP contribution in [-0.4, -0.2) is 22.1 Å². The third-order valence-corrected chi connectivity index (χ3v) is 3.67. The average Bonchev–Trinajstić information content (AvgIpc) is 3.01. The standard InChI is InChI=1S/C18H19FN4O/c1-11(2)21-17(12-3-5-14(19)6-4-12)18(24)22-15-7-8-16-13(9-15)10-20-23-16/h3-11,17,21H,1-2H3,(H,20,23)(H,22,24). The quantitative estimate of drug-likeness (QED) is 0.673. The average molecular weight is 326 g/mol. The Bertz CT molecular complexity index is 842. The van der Waals surface area contributed by atoms with Crippen molar-refractivity contribution in [1.82, 2.24) is 15.5 Å². The molecule has 1 heterocycles. The van der Waals surface area contributed by atoms with Crippen LogP contribution in [0.2, 0.25) is 0 Å². The number of nitrogens with one attached hydrogen (secondary N) is 3. The summed E-state index contributed by atoms with van der Waals surface area (Å²) in [6.45, 7) is 3.92. The summed E-state index contributed by atoms with van der Waals surface area (Å²) < 4.78 is 13.1. The number of halogens is 1. The lowest BCUT2D eigenvalue weighted by molar-refractivity contribution is -0.118. The molecule has 24 heavy (non-hydrogen) atoms. The molecule has 3 rings (SSSR count). The van der Waals surface area contributed by atoms with Crippen molar-refractivity contribution in [2.24, 2.45) is 0 Å². The first-order chi connectivity index (χ1) is 11.5. The van der Waals surface area contributed by atoms with Gasteiger partial charge in [0, 0.05) is 17.1 Å². The molecular formula is C18H19FN4O. The predicted octanol–water partition coefficient (Wildman–Crippen LogP) is 3.38. The number of aromatic amines is 1. The van der Waals surface area contributed by atoms with Crippen LogP contribution in [0.5, 0.6) is 0 Å². The summed E-state index contributed by atoms with van der Waals surface area (Å²) in [6.07, 6.45) is 1.70. The molecule has 0 fully saturated rings.